The third-order valence-electron chi connectivity index (χ3n) is 2.92. The number of carbonyl (C=O) groups excluding carboxylic acids is 1. The lowest BCUT2D eigenvalue weighted by molar-refractivity contribution is -0.384. The van der Waals surface area contributed by atoms with Crippen molar-refractivity contribution in [1.82, 2.24) is 0 Å². The van der Waals surface area contributed by atoms with Crippen molar-refractivity contribution >= 4 is 33.1 Å². The summed E-state index contributed by atoms with van der Waals surface area (Å²) in [5, 5.41) is 13.8. The number of hydrogen-bond donors (Lipinski definition) is 1. The number of halogens is 1. The number of hydrogen-bond acceptors (Lipinski definition) is 4. The Labute approximate surface area is 130 Å². The highest BCUT2D eigenvalue weighted by atomic mass is 79.9. The molecule has 0 aliphatic carbocycles. The quantitative estimate of drug-likeness (QED) is 0.485. The highest BCUT2D eigenvalue weighted by molar-refractivity contribution is 9.10. The second-order valence-electron chi connectivity index (χ2n) is 4.39. The lowest BCUT2D eigenvalue weighted by Gasteiger charge is -2.07. The van der Waals surface area contributed by atoms with Gasteiger partial charge < -0.3 is 5.32 Å². The molecular weight excluding hydrogens is 336 g/mol. The summed E-state index contributed by atoms with van der Waals surface area (Å²) in [4.78, 5) is 22.2. The van der Waals surface area contributed by atoms with Gasteiger partial charge in [-0.2, -0.15) is 0 Å². The average Bonchev–Trinajstić information content (AvgIpc) is 2.49. The fourth-order valence-electron chi connectivity index (χ4n) is 1.85. The molecular formula is C15H13BrN2O3. The molecule has 0 amide bonds. The van der Waals surface area contributed by atoms with Crippen LogP contribution in [0.5, 0.6) is 0 Å². The largest absolute Gasteiger partial charge is 0.384 e. The maximum atomic E-state index is 12.0. The van der Waals surface area contributed by atoms with Gasteiger partial charge in [-0.05, 0) is 28.1 Å². The molecule has 0 aromatic heterocycles. The number of ketones is 1. The number of nitro groups is 1. The summed E-state index contributed by atoms with van der Waals surface area (Å²) in [5.74, 6) is -0.127. The number of nitro benzene ring substituents is 1. The van der Waals surface area contributed by atoms with Gasteiger partial charge in [0, 0.05) is 40.8 Å². The molecule has 2 rings (SSSR count). The van der Waals surface area contributed by atoms with Crippen LogP contribution >= 0.6 is 15.9 Å². The Morgan fingerprint density at radius 1 is 1.19 bits per heavy atom. The summed E-state index contributed by atoms with van der Waals surface area (Å²) in [6, 6.07) is 13.4. The second kappa shape index (κ2) is 6.99. The van der Waals surface area contributed by atoms with Crippen LogP contribution in [-0.2, 0) is 0 Å². The Morgan fingerprint density at radius 3 is 2.67 bits per heavy atom. The average molecular weight is 349 g/mol. The van der Waals surface area contributed by atoms with E-state index in [9.17, 15) is 14.9 Å². The van der Waals surface area contributed by atoms with E-state index in [4.69, 9.17) is 0 Å². The van der Waals surface area contributed by atoms with Gasteiger partial charge in [0.1, 0.15) is 0 Å². The van der Waals surface area contributed by atoms with Crippen LogP contribution in [0.15, 0.2) is 53.0 Å². The molecule has 0 unspecified atom stereocenters. The summed E-state index contributed by atoms with van der Waals surface area (Å²) in [7, 11) is 0. The molecule has 0 spiro atoms. The maximum Gasteiger partial charge on any atom is 0.270 e. The van der Waals surface area contributed by atoms with E-state index >= 15 is 0 Å². The van der Waals surface area contributed by atoms with Crippen molar-refractivity contribution in [3.8, 4) is 0 Å². The smallest absolute Gasteiger partial charge is 0.270 e. The zero-order valence-corrected chi connectivity index (χ0v) is 12.7. The van der Waals surface area contributed by atoms with Gasteiger partial charge in [-0.3, -0.25) is 14.9 Å². The number of rotatable bonds is 6. The van der Waals surface area contributed by atoms with Gasteiger partial charge >= 0.3 is 0 Å². The van der Waals surface area contributed by atoms with Crippen LogP contribution in [0.3, 0.4) is 0 Å². The fraction of sp³-hybridized carbons (Fsp3) is 0.133. The molecule has 2 aromatic rings. The predicted molar refractivity (Wildman–Crippen MR) is 84.7 cm³/mol. The van der Waals surface area contributed by atoms with Crippen LogP contribution < -0.4 is 5.32 Å². The first-order chi connectivity index (χ1) is 10.1. The van der Waals surface area contributed by atoms with Gasteiger partial charge in [-0.1, -0.05) is 24.3 Å². The van der Waals surface area contributed by atoms with Crippen LogP contribution in [0.4, 0.5) is 11.4 Å². The third-order valence-corrected chi connectivity index (χ3v) is 3.61. The summed E-state index contributed by atoms with van der Waals surface area (Å²) in [5.41, 5.74) is 1.20. The van der Waals surface area contributed by atoms with Crippen molar-refractivity contribution in [3.05, 3.63) is 68.7 Å². The van der Waals surface area contributed by atoms with Crippen molar-refractivity contribution in [2.45, 2.75) is 6.42 Å². The topological polar surface area (TPSA) is 72.2 Å². The van der Waals surface area contributed by atoms with E-state index < -0.39 is 4.92 Å². The van der Waals surface area contributed by atoms with Crippen molar-refractivity contribution in [1.29, 1.82) is 0 Å². The summed E-state index contributed by atoms with van der Waals surface area (Å²) < 4.78 is 0.924. The third kappa shape index (κ3) is 4.13. The number of benzene rings is 2. The maximum absolute atomic E-state index is 12.0. The minimum absolute atomic E-state index is 0.0698. The second-order valence-corrected chi connectivity index (χ2v) is 5.24. The number of carbonyl (C=O) groups is 1. The van der Waals surface area contributed by atoms with Gasteiger partial charge in [0.05, 0.1) is 4.92 Å². The fourth-order valence-corrected chi connectivity index (χ4v) is 2.28. The van der Waals surface area contributed by atoms with Crippen molar-refractivity contribution in [3.63, 3.8) is 0 Å². The minimum atomic E-state index is -0.504. The molecule has 0 bridgehead atoms. The number of nitrogens with zero attached hydrogens (tertiary/aromatic N) is 1. The van der Waals surface area contributed by atoms with E-state index in [1.807, 2.05) is 24.3 Å². The number of non-ortho nitro benzene ring substituents is 1. The lowest BCUT2D eigenvalue weighted by atomic mass is 10.1. The molecule has 0 saturated carbocycles. The molecule has 0 heterocycles. The Bertz CT molecular complexity index is 673. The zero-order valence-electron chi connectivity index (χ0n) is 11.1. The predicted octanol–water partition coefficient (Wildman–Crippen LogP) is 4.04. The van der Waals surface area contributed by atoms with Crippen LogP contribution in [0.2, 0.25) is 0 Å². The molecule has 21 heavy (non-hydrogen) atoms. The first-order valence-electron chi connectivity index (χ1n) is 6.34. The lowest BCUT2D eigenvalue weighted by Crippen LogP contribution is -2.09. The molecule has 0 radical (unpaired) electrons. The van der Waals surface area contributed by atoms with Gasteiger partial charge in [-0.25, -0.2) is 0 Å². The molecule has 108 valence electrons. The Balaban J connectivity index is 1.95. The van der Waals surface area contributed by atoms with Crippen LogP contribution in [0.25, 0.3) is 0 Å². The van der Waals surface area contributed by atoms with E-state index in [1.165, 1.54) is 18.2 Å². The van der Waals surface area contributed by atoms with E-state index in [0.717, 1.165) is 10.2 Å². The number of nitrogens with one attached hydrogen (secondary N) is 1. The standard InChI is InChI=1S/C15H13BrN2O3/c16-13-6-1-2-7-14(13)17-9-8-15(19)11-4-3-5-12(10-11)18(20)21/h1-7,10,17H,8-9H2. The van der Waals surface area contributed by atoms with E-state index in [-0.39, 0.29) is 17.9 Å². The zero-order chi connectivity index (χ0) is 15.2. The van der Waals surface area contributed by atoms with Crippen LogP contribution in [0.1, 0.15) is 16.8 Å². The molecule has 2 aromatic carbocycles. The van der Waals surface area contributed by atoms with E-state index in [0.29, 0.717) is 12.1 Å². The summed E-state index contributed by atoms with van der Waals surface area (Å²) in [6.45, 7) is 0.462. The molecule has 1 N–H and O–H groups in total. The molecule has 5 nitrogen and oxygen atoms in total. The highest BCUT2D eigenvalue weighted by Gasteiger charge is 2.11. The summed E-state index contributed by atoms with van der Waals surface area (Å²) >= 11 is 3.41. The normalized spacial score (nSPS) is 10.1. The van der Waals surface area contributed by atoms with Crippen molar-refractivity contribution in [2.75, 3.05) is 11.9 Å². The van der Waals surface area contributed by atoms with Crippen molar-refractivity contribution in [2.24, 2.45) is 0 Å². The molecule has 0 fully saturated rings. The molecule has 0 aliphatic rings. The minimum Gasteiger partial charge on any atom is -0.384 e. The highest BCUT2D eigenvalue weighted by Crippen LogP contribution is 2.21. The summed E-state index contributed by atoms with van der Waals surface area (Å²) in [6.07, 6.45) is 0.266. The Hall–Kier alpha value is -2.21. The monoisotopic (exact) mass is 348 g/mol. The van der Waals surface area contributed by atoms with Crippen LogP contribution in [0, 0.1) is 10.1 Å². The van der Waals surface area contributed by atoms with E-state index in [1.54, 1.807) is 6.07 Å². The first kappa shape index (κ1) is 15.2. The molecule has 0 saturated heterocycles. The van der Waals surface area contributed by atoms with Gasteiger partial charge in [-0.15, -0.1) is 0 Å². The SMILES string of the molecule is O=C(CCNc1ccccc1Br)c1cccc([N+](=O)[O-])c1. The van der Waals surface area contributed by atoms with Crippen molar-refractivity contribution < 1.29 is 9.72 Å². The first-order valence-corrected chi connectivity index (χ1v) is 7.13. The number of Topliss-reactive ketones (excluding diaryl/α,β-unsaturated/α-hetero) is 1. The molecule has 0 aliphatic heterocycles. The number of anilines is 1. The van der Waals surface area contributed by atoms with Gasteiger partial charge in [0.15, 0.2) is 5.78 Å². The van der Waals surface area contributed by atoms with Gasteiger partial charge in [0.2, 0.25) is 0 Å². The molecule has 6 heteroatoms. The Kier molecular flexibility index (Phi) is 5.05. The molecule has 0 atom stereocenters. The Morgan fingerprint density at radius 2 is 1.95 bits per heavy atom. The van der Waals surface area contributed by atoms with E-state index in [2.05, 4.69) is 21.2 Å². The number of para-hydroxylation sites is 1. The van der Waals surface area contributed by atoms with Crippen LogP contribution in [-0.4, -0.2) is 17.3 Å². The van der Waals surface area contributed by atoms with Gasteiger partial charge in [0.25, 0.3) is 5.69 Å².